The number of benzene rings is 2. The predicted octanol–water partition coefficient (Wildman–Crippen LogP) is 5.53. The summed E-state index contributed by atoms with van der Waals surface area (Å²) in [6.45, 7) is 0. The largest absolute Gasteiger partial charge is 0.436 e. The average Bonchev–Trinajstić information content (AvgIpc) is 2.70. The van der Waals surface area contributed by atoms with Crippen LogP contribution in [0.3, 0.4) is 0 Å². The molecule has 0 spiro atoms. The van der Waals surface area contributed by atoms with Gasteiger partial charge in [0.05, 0.1) is 28.5 Å². The maximum Gasteiger partial charge on any atom is 0.261 e. The molecule has 2 aromatic carbocycles. The van der Waals surface area contributed by atoms with Crippen LogP contribution in [-0.4, -0.2) is 18.4 Å². The van der Waals surface area contributed by atoms with Crippen molar-refractivity contribution in [1.29, 1.82) is 0 Å². The molecular formula is C20H13Cl2N3O3S. The third-order valence-electron chi connectivity index (χ3n) is 3.96. The fraction of sp³-hybridized carbons (Fsp3) is 0. The summed E-state index contributed by atoms with van der Waals surface area (Å²) >= 11 is 12.0. The fourth-order valence-corrected chi connectivity index (χ4v) is 3.97. The first-order valence-corrected chi connectivity index (χ1v) is 10.6. The van der Waals surface area contributed by atoms with Crippen molar-refractivity contribution < 1.29 is 13.2 Å². The van der Waals surface area contributed by atoms with Gasteiger partial charge in [-0.05, 0) is 42.5 Å². The van der Waals surface area contributed by atoms with Crippen LogP contribution in [-0.2, 0) is 10.0 Å². The Morgan fingerprint density at radius 1 is 0.897 bits per heavy atom. The van der Waals surface area contributed by atoms with E-state index >= 15 is 0 Å². The first kappa shape index (κ1) is 19.4. The number of nitrogens with one attached hydrogen (secondary N) is 1. The van der Waals surface area contributed by atoms with Crippen molar-refractivity contribution in [1.82, 2.24) is 9.97 Å². The molecule has 2 aromatic heterocycles. The zero-order valence-corrected chi connectivity index (χ0v) is 17.0. The van der Waals surface area contributed by atoms with Gasteiger partial charge in [0.2, 0.25) is 5.88 Å². The van der Waals surface area contributed by atoms with E-state index < -0.39 is 10.0 Å². The van der Waals surface area contributed by atoms with Crippen LogP contribution >= 0.6 is 23.2 Å². The Bertz CT molecular complexity index is 1300. The van der Waals surface area contributed by atoms with Crippen LogP contribution in [0.5, 0.6) is 11.6 Å². The Labute approximate surface area is 177 Å². The molecule has 2 heterocycles. The molecule has 0 aliphatic rings. The number of halogens is 2. The monoisotopic (exact) mass is 445 g/mol. The summed E-state index contributed by atoms with van der Waals surface area (Å²) in [5.74, 6) is 0.603. The number of anilines is 1. The van der Waals surface area contributed by atoms with Gasteiger partial charge in [0.15, 0.2) is 0 Å². The van der Waals surface area contributed by atoms with Gasteiger partial charge in [0.1, 0.15) is 10.8 Å². The molecule has 9 heteroatoms. The van der Waals surface area contributed by atoms with Gasteiger partial charge >= 0.3 is 0 Å². The highest BCUT2D eigenvalue weighted by atomic mass is 35.5. The lowest BCUT2D eigenvalue weighted by molar-refractivity contribution is 0.462. The molecule has 29 heavy (non-hydrogen) atoms. The summed E-state index contributed by atoms with van der Waals surface area (Å²) in [5.41, 5.74) is 1.04. The van der Waals surface area contributed by atoms with Gasteiger partial charge in [-0.25, -0.2) is 13.4 Å². The average molecular weight is 446 g/mol. The highest BCUT2D eigenvalue weighted by molar-refractivity contribution is 7.92. The maximum absolute atomic E-state index is 12.5. The van der Waals surface area contributed by atoms with Crippen LogP contribution in [0.1, 0.15) is 0 Å². The first-order chi connectivity index (χ1) is 13.9. The first-order valence-electron chi connectivity index (χ1n) is 8.37. The van der Waals surface area contributed by atoms with Crippen LogP contribution in [0, 0.1) is 0 Å². The van der Waals surface area contributed by atoms with E-state index in [0.717, 1.165) is 10.9 Å². The van der Waals surface area contributed by atoms with Gasteiger partial charge in [-0.3, -0.25) is 9.71 Å². The van der Waals surface area contributed by atoms with Gasteiger partial charge in [-0.2, -0.15) is 0 Å². The van der Waals surface area contributed by atoms with Crippen LogP contribution in [0.2, 0.25) is 10.0 Å². The third kappa shape index (κ3) is 4.42. The zero-order valence-electron chi connectivity index (χ0n) is 14.7. The Morgan fingerprint density at radius 3 is 2.41 bits per heavy atom. The van der Waals surface area contributed by atoms with E-state index in [9.17, 15) is 8.42 Å². The number of para-hydroxylation sites is 1. The lowest BCUT2D eigenvalue weighted by Gasteiger charge is -2.11. The molecular weight excluding hydrogens is 433 g/mol. The van der Waals surface area contributed by atoms with Crippen molar-refractivity contribution in [2.45, 2.75) is 4.90 Å². The summed E-state index contributed by atoms with van der Waals surface area (Å²) in [5, 5.41) is 1.50. The van der Waals surface area contributed by atoms with E-state index in [2.05, 4.69) is 14.7 Å². The molecule has 4 aromatic rings. The van der Waals surface area contributed by atoms with E-state index in [1.165, 1.54) is 36.5 Å². The van der Waals surface area contributed by atoms with Crippen LogP contribution < -0.4 is 9.46 Å². The molecule has 1 N–H and O–H groups in total. The van der Waals surface area contributed by atoms with Gasteiger partial charge in [0, 0.05) is 10.4 Å². The molecule has 146 valence electrons. The third-order valence-corrected chi connectivity index (χ3v) is 5.88. The summed E-state index contributed by atoms with van der Waals surface area (Å²) in [6, 6.07) is 16.7. The van der Waals surface area contributed by atoms with Gasteiger partial charge in [0.25, 0.3) is 10.0 Å². The number of pyridine rings is 2. The minimum Gasteiger partial charge on any atom is -0.436 e. The summed E-state index contributed by atoms with van der Waals surface area (Å²) in [6.07, 6.45) is 2.89. The van der Waals surface area contributed by atoms with Crippen LogP contribution in [0.15, 0.2) is 78.0 Å². The molecule has 0 amide bonds. The van der Waals surface area contributed by atoms with Gasteiger partial charge in [-0.15, -0.1) is 0 Å². The molecule has 4 rings (SSSR count). The van der Waals surface area contributed by atoms with E-state index in [-0.39, 0.29) is 21.5 Å². The fourth-order valence-electron chi connectivity index (χ4n) is 2.60. The van der Waals surface area contributed by atoms with Crippen molar-refractivity contribution in [2.24, 2.45) is 0 Å². The zero-order chi connectivity index (χ0) is 20.4. The Hall–Kier alpha value is -2.87. The molecule has 0 unspecified atom stereocenters. The van der Waals surface area contributed by atoms with Crippen molar-refractivity contribution in [3.8, 4) is 11.6 Å². The number of fused-ring (bicyclic) bond motifs is 1. The molecule has 6 nitrogen and oxygen atoms in total. The molecule has 0 bridgehead atoms. The molecule has 0 aliphatic carbocycles. The number of aromatic nitrogens is 2. The van der Waals surface area contributed by atoms with Crippen molar-refractivity contribution in [3.63, 3.8) is 0 Å². The van der Waals surface area contributed by atoms with E-state index in [0.29, 0.717) is 10.8 Å². The normalized spacial score (nSPS) is 11.4. The highest BCUT2D eigenvalue weighted by Gasteiger charge is 2.16. The molecule has 0 fully saturated rings. The second-order valence-electron chi connectivity index (χ2n) is 6.04. The molecule has 0 radical (unpaired) electrons. The van der Waals surface area contributed by atoms with Crippen molar-refractivity contribution >= 4 is 49.8 Å². The molecule has 0 atom stereocenters. The standard InChI is InChI=1S/C20H13Cl2N3O3S/c21-14-5-7-17(8-6-14)29(26,27)25-15-10-18(22)20(24-11-15)28-16-9-13-3-1-2-4-19(13)23-12-16/h1-12,25H. The lowest BCUT2D eigenvalue weighted by Crippen LogP contribution is -2.13. The summed E-state index contributed by atoms with van der Waals surface area (Å²) in [4.78, 5) is 8.50. The Balaban J connectivity index is 1.55. The maximum atomic E-state index is 12.5. The van der Waals surface area contributed by atoms with Crippen LogP contribution in [0.4, 0.5) is 5.69 Å². The minimum atomic E-state index is -3.80. The Kier molecular flexibility index (Phi) is 5.27. The molecule has 0 aliphatic heterocycles. The predicted molar refractivity (Wildman–Crippen MR) is 113 cm³/mol. The number of hydrogen-bond donors (Lipinski definition) is 1. The number of rotatable bonds is 5. The number of sulfonamides is 1. The SMILES string of the molecule is O=S(=O)(Nc1cnc(Oc2cnc3ccccc3c2)c(Cl)c1)c1ccc(Cl)cc1. The molecule has 0 saturated heterocycles. The lowest BCUT2D eigenvalue weighted by atomic mass is 10.2. The van der Waals surface area contributed by atoms with Gasteiger partial charge < -0.3 is 4.74 Å². The number of hydrogen-bond acceptors (Lipinski definition) is 5. The van der Waals surface area contributed by atoms with E-state index in [1.807, 2.05) is 30.3 Å². The van der Waals surface area contributed by atoms with Crippen molar-refractivity contribution in [2.75, 3.05) is 4.72 Å². The smallest absolute Gasteiger partial charge is 0.261 e. The van der Waals surface area contributed by atoms with E-state index in [4.69, 9.17) is 27.9 Å². The van der Waals surface area contributed by atoms with E-state index in [1.54, 1.807) is 6.20 Å². The second-order valence-corrected chi connectivity index (χ2v) is 8.56. The van der Waals surface area contributed by atoms with Crippen LogP contribution in [0.25, 0.3) is 10.9 Å². The summed E-state index contributed by atoms with van der Waals surface area (Å²) < 4.78 is 33.0. The summed E-state index contributed by atoms with van der Waals surface area (Å²) in [7, 11) is -3.80. The van der Waals surface area contributed by atoms with Crippen molar-refractivity contribution in [3.05, 3.63) is 83.1 Å². The second kappa shape index (κ2) is 7.87. The number of ether oxygens (including phenoxy) is 1. The minimum absolute atomic E-state index is 0.0700. The Morgan fingerprint density at radius 2 is 1.66 bits per heavy atom. The quantitative estimate of drug-likeness (QED) is 0.436. The van der Waals surface area contributed by atoms with Gasteiger partial charge in [-0.1, -0.05) is 41.4 Å². The highest BCUT2D eigenvalue weighted by Crippen LogP contribution is 2.30. The number of nitrogens with zero attached hydrogens (tertiary/aromatic N) is 2. The molecule has 0 saturated carbocycles. The topological polar surface area (TPSA) is 81.2 Å².